The molecule has 0 aliphatic rings. The van der Waals surface area contributed by atoms with Crippen LogP contribution >= 0.6 is 12.4 Å². The lowest BCUT2D eigenvalue weighted by Gasteiger charge is -2.19. The monoisotopic (exact) mass is 305 g/mol. The lowest BCUT2D eigenvalue weighted by Crippen LogP contribution is -2.20. The minimum Gasteiger partial charge on any atom is -0.367 e. The van der Waals surface area contributed by atoms with Gasteiger partial charge in [0, 0.05) is 6.54 Å². The van der Waals surface area contributed by atoms with Crippen molar-refractivity contribution in [2.24, 2.45) is 0 Å². The summed E-state index contributed by atoms with van der Waals surface area (Å²) in [5.41, 5.74) is 3.68. The van der Waals surface area contributed by atoms with E-state index in [9.17, 15) is 0 Å². The number of halogens is 1. The third-order valence-corrected chi connectivity index (χ3v) is 3.30. The Balaban J connectivity index is 0.00000220. The van der Waals surface area contributed by atoms with E-state index in [1.807, 2.05) is 6.07 Å². The molecule has 114 valence electrons. The average Bonchev–Trinajstić information content (AvgIpc) is 2.50. The third-order valence-electron chi connectivity index (χ3n) is 3.30. The zero-order valence-electron chi connectivity index (χ0n) is 12.7. The maximum atomic E-state index is 6.09. The smallest absolute Gasteiger partial charge is 0.108 e. The van der Waals surface area contributed by atoms with E-state index >= 15 is 0 Å². The predicted octanol–water partition coefficient (Wildman–Crippen LogP) is 4.13. The standard InChI is InChI=1S/C18H23NO.ClH/c1-3-19-13-14-20-18(16-7-5-4-6-8-16)17-11-9-15(2)10-12-17;/h4-12,18-19H,3,13-14H2,1-2H3;1H. The van der Waals surface area contributed by atoms with Crippen molar-refractivity contribution >= 4 is 12.4 Å². The second-order valence-corrected chi connectivity index (χ2v) is 4.93. The summed E-state index contributed by atoms with van der Waals surface area (Å²) in [6, 6.07) is 19.0. The third kappa shape index (κ3) is 5.50. The highest BCUT2D eigenvalue weighted by molar-refractivity contribution is 5.85. The van der Waals surface area contributed by atoms with Crippen LogP contribution in [0.4, 0.5) is 0 Å². The first-order chi connectivity index (χ1) is 9.81. The van der Waals surface area contributed by atoms with E-state index in [4.69, 9.17) is 4.74 Å². The minimum absolute atomic E-state index is 0. The van der Waals surface area contributed by atoms with Crippen molar-refractivity contribution in [3.05, 3.63) is 71.3 Å². The molecule has 0 fully saturated rings. The predicted molar refractivity (Wildman–Crippen MR) is 91.2 cm³/mol. The Morgan fingerprint density at radius 3 is 2.19 bits per heavy atom. The fourth-order valence-corrected chi connectivity index (χ4v) is 2.18. The van der Waals surface area contributed by atoms with Gasteiger partial charge in [0.25, 0.3) is 0 Å². The summed E-state index contributed by atoms with van der Waals surface area (Å²) in [7, 11) is 0. The van der Waals surface area contributed by atoms with E-state index in [1.54, 1.807) is 0 Å². The molecule has 0 aliphatic heterocycles. The molecule has 0 saturated carbocycles. The van der Waals surface area contributed by atoms with Gasteiger partial charge in [0.2, 0.25) is 0 Å². The van der Waals surface area contributed by atoms with Gasteiger partial charge in [-0.2, -0.15) is 0 Å². The van der Waals surface area contributed by atoms with Gasteiger partial charge < -0.3 is 10.1 Å². The molecule has 2 aromatic rings. The zero-order chi connectivity index (χ0) is 14.2. The Bertz CT molecular complexity index is 498. The molecular formula is C18H24ClNO. The summed E-state index contributed by atoms with van der Waals surface area (Å²) < 4.78 is 6.09. The Hall–Kier alpha value is -1.35. The van der Waals surface area contributed by atoms with Crippen molar-refractivity contribution in [3.8, 4) is 0 Å². The Morgan fingerprint density at radius 2 is 1.57 bits per heavy atom. The first-order valence-electron chi connectivity index (χ1n) is 7.25. The molecule has 0 spiro atoms. The molecular weight excluding hydrogens is 282 g/mol. The number of aryl methyl sites for hydroxylation is 1. The van der Waals surface area contributed by atoms with Crippen molar-refractivity contribution in [2.45, 2.75) is 20.0 Å². The molecule has 0 radical (unpaired) electrons. The summed E-state index contributed by atoms with van der Waals surface area (Å²) in [6.07, 6.45) is 0.00968. The fraction of sp³-hybridized carbons (Fsp3) is 0.333. The molecule has 1 atom stereocenters. The Labute approximate surface area is 133 Å². The van der Waals surface area contributed by atoms with Gasteiger partial charge in [-0.05, 0) is 24.6 Å². The number of hydrogen-bond donors (Lipinski definition) is 1. The van der Waals surface area contributed by atoms with Crippen LogP contribution in [0.5, 0.6) is 0 Å². The van der Waals surface area contributed by atoms with Crippen LogP contribution in [0.25, 0.3) is 0 Å². The van der Waals surface area contributed by atoms with Crippen LogP contribution in [0.1, 0.15) is 29.7 Å². The molecule has 0 amide bonds. The van der Waals surface area contributed by atoms with Gasteiger partial charge in [0.15, 0.2) is 0 Å². The van der Waals surface area contributed by atoms with Gasteiger partial charge in [0.1, 0.15) is 6.10 Å². The number of hydrogen-bond acceptors (Lipinski definition) is 2. The Kier molecular flexibility index (Phi) is 8.06. The number of nitrogens with one attached hydrogen (secondary N) is 1. The fourth-order valence-electron chi connectivity index (χ4n) is 2.18. The molecule has 21 heavy (non-hydrogen) atoms. The molecule has 1 unspecified atom stereocenters. The van der Waals surface area contributed by atoms with Crippen LogP contribution in [0.2, 0.25) is 0 Å². The molecule has 3 heteroatoms. The number of likely N-dealkylation sites (N-methyl/N-ethyl adjacent to an activating group) is 1. The van der Waals surface area contributed by atoms with Gasteiger partial charge in [-0.15, -0.1) is 12.4 Å². The zero-order valence-corrected chi connectivity index (χ0v) is 13.5. The van der Waals surface area contributed by atoms with E-state index in [0.29, 0.717) is 6.61 Å². The Morgan fingerprint density at radius 1 is 0.952 bits per heavy atom. The van der Waals surface area contributed by atoms with Crippen molar-refractivity contribution in [1.29, 1.82) is 0 Å². The first-order valence-corrected chi connectivity index (χ1v) is 7.25. The summed E-state index contributed by atoms with van der Waals surface area (Å²) in [6.45, 7) is 6.78. The van der Waals surface area contributed by atoms with Crippen molar-refractivity contribution < 1.29 is 4.74 Å². The first kappa shape index (κ1) is 17.7. The van der Waals surface area contributed by atoms with Crippen molar-refractivity contribution in [2.75, 3.05) is 19.7 Å². The average molecular weight is 306 g/mol. The lowest BCUT2D eigenvalue weighted by molar-refractivity contribution is 0.0824. The quantitative estimate of drug-likeness (QED) is 0.777. The van der Waals surface area contributed by atoms with Crippen LogP contribution in [0.3, 0.4) is 0 Å². The highest BCUT2D eigenvalue weighted by atomic mass is 35.5. The number of benzene rings is 2. The molecule has 1 N–H and O–H groups in total. The lowest BCUT2D eigenvalue weighted by atomic mass is 10.0. The van der Waals surface area contributed by atoms with Gasteiger partial charge >= 0.3 is 0 Å². The molecule has 0 aliphatic carbocycles. The van der Waals surface area contributed by atoms with E-state index in [1.165, 1.54) is 16.7 Å². The van der Waals surface area contributed by atoms with Gasteiger partial charge in [-0.3, -0.25) is 0 Å². The molecule has 0 aromatic heterocycles. The number of ether oxygens (including phenoxy) is 1. The second kappa shape index (κ2) is 9.56. The van der Waals surface area contributed by atoms with E-state index in [0.717, 1.165) is 13.1 Å². The van der Waals surface area contributed by atoms with Crippen LogP contribution < -0.4 is 5.32 Å². The van der Waals surface area contributed by atoms with Crippen LogP contribution in [0, 0.1) is 6.92 Å². The summed E-state index contributed by atoms with van der Waals surface area (Å²) in [4.78, 5) is 0. The maximum Gasteiger partial charge on any atom is 0.108 e. The van der Waals surface area contributed by atoms with E-state index < -0.39 is 0 Å². The van der Waals surface area contributed by atoms with Crippen molar-refractivity contribution in [1.82, 2.24) is 5.32 Å². The normalized spacial score (nSPS) is 11.7. The largest absolute Gasteiger partial charge is 0.367 e. The molecule has 2 nitrogen and oxygen atoms in total. The van der Waals surface area contributed by atoms with E-state index in [2.05, 4.69) is 67.7 Å². The molecule has 2 aromatic carbocycles. The maximum absolute atomic E-state index is 6.09. The summed E-state index contributed by atoms with van der Waals surface area (Å²) >= 11 is 0. The van der Waals surface area contributed by atoms with Crippen molar-refractivity contribution in [3.63, 3.8) is 0 Å². The molecule has 2 rings (SSSR count). The minimum atomic E-state index is 0. The van der Waals surface area contributed by atoms with Gasteiger partial charge in [-0.1, -0.05) is 67.1 Å². The van der Waals surface area contributed by atoms with Crippen LogP contribution in [-0.2, 0) is 4.74 Å². The molecule has 0 heterocycles. The summed E-state index contributed by atoms with van der Waals surface area (Å²) in [5, 5.41) is 3.29. The van der Waals surface area contributed by atoms with Crippen LogP contribution in [0.15, 0.2) is 54.6 Å². The molecule has 0 bridgehead atoms. The topological polar surface area (TPSA) is 21.3 Å². The van der Waals surface area contributed by atoms with Gasteiger partial charge in [0.05, 0.1) is 6.61 Å². The van der Waals surface area contributed by atoms with E-state index in [-0.39, 0.29) is 18.5 Å². The summed E-state index contributed by atoms with van der Waals surface area (Å²) in [5.74, 6) is 0. The molecule has 0 saturated heterocycles. The van der Waals surface area contributed by atoms with Crippen LogP contribution in [-0.4, -0.2) is 19.7 Å². The van der Waals surface area contributed by atoms with Gasteiger partial charge in [-0.25, -0.2) is 0 Å². The SMILES string of the molecule is CCNCCOC(c1ccccc1)c1ccc(C)cc1.Cl. The highest BCUT2D eigenvalue weighted by Crippen LogP contribution is 2.25. The second-order valence-electron chi connectivity index (χ2n) is 4.93. The number of rotatable bonds is 7. The highest BCUT2D eigenvalue weighted by Gasteiger charge is 2.13.